The third-order valence-electron chi connectivity index (χ3n) is 6.18. The van der Waals surface area contributed by atoms with E-state index in [-0.39, 0.29) is 11.9 Å². The number of hydrogen-bond donors (Lipinski definition) is 2. The second kappa shape index (κ2) is 7.18. The van der Waals surface area contributed by atoms with Crippen molar-refractivity contribution < 1.29 is 14.3 Å². The first-order valence-corrected chi connectivity index (χ1v) is 11.7. The molecule has 2 aliphatic heterocycles. The first-order chi connectivity index (χ1) is 15.1. The molecule has 6 nitrogen and oxygen atoms in total. The Labute approximate surface area is 195 Å². The highest BCUT2D eigenvalue weighted by molar-refractivity contribution is 9.10. The molecule has 1 aromatic heterocycles. The number of carbonyl (C=O) groups excluding carboxylic acids is 2. The van der Waals surface area contributed by atoms with E-state index < -0.39 is 17.2 Å². The van der Waals surface area contributed by atoms with Crippen molar-refractivity contribution >= 4 is 44.5 Å². The molecule has 2 unspecified atom stereocenters. The number of aryl methyl sites for hydroxylation is 1. The normalized spacial score (nSPS) is 22.7. The summed E-state index contributed by atoms with van der Waals surface area (Å²) in [6.07, 6.45) is 1.04. The zero-order valence-corrected chi connectivity index (χ0v) is 20.2. The third-order valence-corrected chi connectivity index (χ3v) is 6.68. The van der Waals surface area contributed by atoms with E-state index in [1.807, 2.05) is 30.3 Å². The minimum absolute atomic E-state index is 0.0592. The molecule has 5 rings (SSSR count). The van der Waals surface area contributed by atoms with Gasteiger partial charge in [-0.15, -0.1) is 0 Å². The molecule has 1 spiro atoms. The molecule has 0 fully saturated rings. The molecular formula is C25H26BrN3O3. The van der Waals surface area contributed by atoms with Crippen LogP contribution < -0.4 is 10.2 Å². The van der Waals surface area contributed by atoms with Crippen molar-refractivity contribution in [2.45, 2.75) is 57.7 Å². The topological polar surface area (TPSA) is 74.4 Å². The number of imide groups is 1. The molecule has 2 aliphatic rings. The average molecular weight is 496 g/mol. The van der Waals surface area contributed by atoms with Gasteiger partial charge < -0.3 is 9.72 Å². The van der Waals surface area contributed by atoms with E-state index in [2.05, 4.69) is 39.2 Å². The number of benzene rings is 2. The molecule has 166 valence electrons. The molecule has 32 heavy (non-hydrogen) atoms. The fourth-order valence-corrected chi connectivity index (χ4v) is 5.28. The quantitative estimate of drug-likeness (QED) is 0.438. The van der Waals surface area contributed by atoms with Crippen molar-refractivity contribution in [2.75, 3.05) is 4.90 Å². The number of hydrogen-bond acceptors (Lipinski definition) is 4. The van der Waals surface area contributed by atoms with Gasteiger partial charge in [-0.2, -0.15) is 0 Å². The molecule has 2 N–H and O–H groups in total. The van der Waals surface area contributed by atoms with Gasteiger partial charge in [0.2, 0.25) is 0 Å². The Balaban J connectivity index is 1.79. The van der Waals surface area contributed by atoms with Gasteiger partial charge in [-0.3, -0.25) is 10.1 Å². The number of carbonyl (C=O) groups is 2. The SMILES string of the molecule is CC1CCc2c([nH]c3ccccc23)C2(N1)C(=O)N(C(=O)OC(C)(C)C)c1ccc(Br)cc12. The van der Waals surface area contributed by atoms with Crippen LogP contribution in [0.3, 0.4) is 0 Å². The maximum atomic E-state index is 14.2. The van der Waals surface area contributed by atoms with Crippen molar-refractivity contribution in [2.24, 2.45) is 0 Å². The van der Waals surface area contributed by atoms with Crippen LogP contribution >= 0.6 is 15.9 Å². The predicted octanol–water partition coefficient (Wildman–Crippen LogP) is 5.38. The Hall–Kier alpha value is -2.64. The highest BCUT2D eigenvalue weighted by Gasteiger charge is 2.58. The minimum Gasteiger partial charge on any atom is -0.443 e. The van der Waals surface area contributed by atoms with Crippen LogP contribution in [0, 0.1) is 0 Å². The standard InChI is InChI=1S/C25H26BrN3O3/c1-14-9-11-17-16-7-5-6-8-19(16)27-21(17)25(28-14)18-13-15(26)10-12-20(18)29(22(25)30)23(31)32-24(2,3)4/h5-8,10,12-14,27-28H,9,11H2,1-4H3. The van der Waals surface area contributed by atoms with Crippen molar-refractivity contribution in [3.05, 3.63) is 63.8 Å². The summed E-state index contributed by atoms with van der Waals surface area (Å²) in [5, 5.41) is 4.71. The number of nitrogens with one attached hydrogen (secondary N) is 2. The highest BCUT2D eigenvalue weighted by atomic mass is 79.9. The Kier molecular flexibility index (Phi) is 4.76. The fourth-order valence-electron chi connectivity index (χ4n) is 4.92. The lowest BCUT2D eigenvalue weighted by Gasteiger charge is -2.31. The van der Waals surface area contributed by atoms with E-state index >= 15 is 0 Å². The van der Waals surface area contributed by atoms with Crippen LogP contribution in [0.25, 0.3) is 10.9 Å². The summed E-state index contributed by atoms with van der Waals surface area (Å²) in [7, 11) is 0. The second-order valence-corrected chi connectivity index (χ2v) is 10.6. The molecule has 2 amide bonds. The summed E-state index contributed by atoms with van der Waals surface area (Å²) in [4.78, 5) is 32.2. The number of rotatable bonds is 0. The molecule has 0 bridgehead atoms. The van der Waals surface area contributed by atoms with Crippen LogP contribution in [0.2, 0.25) is 0 Å². The van der Waals surface area contributed by atoms with Gasteiger partial charge in [-0.05, 0) is 70.4 Å². The number of aromatic nitrogens is 1. The summed E-state index contributed by atoms with van der Waals surface area (Å²) in [5.41, 5.74) is 2.25. The number of nitrogens with zero attached hydrogens (tertiary/aromatic N) is 1. The van der Waals surface area contributed by atoms with Crippen LogP contribution in [-0.2, 0) is 21.5 Å². The third kappa shape index (κ3) is 3.10. The van der Waals surface area contributed by atoms with Crippen molar-refractivity contribution in [3.8, 4) is 0 Å². The predicted molar refractivity (Wildman–Crippen MR) is 128 cm³/mol. The first kappa shape index (κ1) is 21.2. The molecule has 0 aliphatic carbocycles. The lowest BCUT2D eigenvalue weighted by atomic mass is 9.85. The number of para-hydroxylation sites is 1. The van der Waals surface area contributed by atoms with Gasteiger partial charge in [0.15, 0.2) is 5.54 Å². The van der Waals surface area contributed by atoms with E-state index in [4.69, 9.17) is 4.74 Å². The number of ether oxygens (including phenoxy) is 1. The van der Waals surface area contributed by atoms with Gasteiger partial charge in [0.05, 0.1) is 11.4 Å². The number of fused-ring (bicyclic) bond motifs is 6. The maximum Gasteiger partial charge on any atom is 0.421 e. The number of amides is 2. The number of H-pyrrole nitrogens is 1. The van der Waals surface area contributed by atoms with E-state index in [9.17, 15) is 9.59 Å². The summed E-state index contributed by atoms with van der Waals surface area (Å²) in [6, 6.07) is 13.7. The molecule has 0 saturated carbocycles. The Morgan fingerprint density at radius 3 is 2.72 bits per heavy atom. The largest absolute Gasteiger partial charge is 0.443 e. The van der Waals surface area contributed by atoms with Gasteiger partial charge >= 0.3 is 6.09 Å². The van der Waals surface area contributed by atoms with Crippen molar-refractivity contribution in [3.63, 3.8) is 0 Å². The zero-order chi connectivity index (χ0) is 22.8. The van der Waals surface area contributed by atoms with E-state index in [0.29, 0.717) is 5.69 Å². The fraction of sp³-hybridized carbons (Fsp3) is 0.360. The Bertz CT molecular complexity index is 1260. The van der Waals surface area contributed by atoms with E-state index in [1.54, 1.807) is 26.8 Å². The smallest absolute Gasteiger partial charge is 0.421 e. The van der Waals surface area contributed by atoms with Crippen LogP contribution in [0.4, 0.5) is 10.5 Å². The van der Waals surface area contributed by atoms with Crippen molar-refractivity contribution in [1.82, 2.24) is 10.3 Å². The molecule has 3 heterocycles. The maximum absolute atomic E-state index is 14.2. The number of anilines is 1. The summed E-state index contributed by atoms with van der Waals surface area (Å²) in [6.45, 7) is 7.47. The van der Waals surface area contributed by atoms with E-state index in [0.717, 1.165) is 45.0 Å². The highest BCUT2D eigenvalue weighted by Crippen LogP contribution is 2.49. The Morgan fingerprint density at radius 1 is 1.22 bits per heavy atom. The summed E-state index contributed by atoms with van der Waals surface area (Å²) >= 11 is 3.57. The van der Waals surface area contributed by atoms with Crippen LogP contribution in [0.1, 0.15) is 50.9 Å². The second-order valence-electron chi connectivity index (χ2n) is 9.64. The molecule has 2 aromatic carbocycles. The lowest BCUT2D eigenvalue weighted by molar-refractivity contribution is -0.123. The number of aromatic amines is 1. The molecule has 3 aromatic rings. The molecule has 0 radical (unpaired) electrons. The first-order valence-electron chi connectivity index (χ1n) is 10.9. The molecule has 7 heteroatoms. The van der Waals surface area contributed by atoms with Gasteiger partial charge in [-0.1, -0.05) is 34.1 Å². The van der Waals surface area contributed by atoms with E-state index in [1.165, 1.54) is 4.90 Å². The minimum atomic E-state index is -1.21. The van der Waals surface area contributed by atoms with Crippen molar-refractivity contribution in [1.29, 1.82) is 0 Å². The Morgan fingerprint density at radius 2 is 1.97 bits per heavy atom. The lowest BCUT2D eigenvalue weighted by Crippen LogP contribution is -2.55. The molecular weight excluding hydrogens is 470 g/mol. The summed E-state index contributed by atoms with van der Waals surface area (Å²) < 4.78 is 6.47. The molecule has 0 saturated heterocycles. The van der Waals surface area contributed by atoms with Gasteiger partial charge in [0.25, 0.3) is 5.91 Å². The van der Waals surface area contributed by atoms with Crippen LogP contribution in [0.15, 0.2) is 46.9 Å². The van der Waals surface area contributed by atoms with Gasteiger partial charge in [-0.25, -0.2) is 9.69 Å². The van der Waals surface area contributed by atoms with Gasteiger partial charge in [0.1, 0.15) is 5.60 Å². The van der Waals surface area contributed by atoms with Crippen LogP contribution in [-0.4, -0.2) is 28.6 Å². The molecule has 2 atom stereocenters. The van der Waals surface area contributed by atoms with Crippen LogP contribution in [0.5, 0.6) is 0 Å². The van der Waals surface area contributed by atoms with Gasteiger partial charge in [0, 0.05) is 27.0 Å². The number of halogens is 1. The summed E-state index contributed by atoms with van der Waals surface area (Å²) in [5.74, 6) is -0.346. The monoisotopic (exact) mass is 495 g/mol. The zero-order valence-electron chi connectivity index (χ0n) is 18.6. The average Bonchev–Trinajstić information content (AvgIpc) is 3.14.